The molecule has 1 aliphatic rings. The summed E-state index contributed by atoms with van der Waals surface area (Å²) in [7, 11) is 0. The van der Waals surface area contributed by atoms with Crippen molar-refractivity contribution in [2.24, 2.45) is 0 Å². The van der Waals surface area contributed by atoms with Gasteiger partial charge in [-0.1, -0.05) is 11.2 Å². The van der Waals surface area contributed by atoms with Gasteiger partial charge in [0.2, 0.25) is 0 Å². The van der Waals surface area contributed by atoms with Crippen molar-refractivity contribution >= 4 is 29.5 Å². The number of carbonyl (C=O) groups is 1. The number of amides is 1. The number of aromatic nitrogens is 4. The van der Waals surface area contributed by atoms with E-state index in [2.05, 4.69) is 62.1 Å². The predicted octanol–water partition coefficient (Wildman–Crippen LogP) is 4.39. The highest BCUT2D eigenvalue weighted by Gasteiger charge is 2.31. The molecule has 1 aliphatic heterocycles. The van der Waals surface area contributed by atoms with Crippen molar-refractivity contribution in [2.45, 2.75) is 59.7 Å². The summed E-state index contributed by atoms with van der Waals surface area (Å²) in [5, 5.41) is 11.4. The van der Waals surface area contributed by atoms with Crippen LogP contribution in [0.2, 0.25) is 0 Å². The summed E-state index contributed by atoms with van der Waals surface area (Å²) in [6.07, 6.45) is 1.35. The van der Waals surface area contributed by atoms with Gasteiger partial charge in [-0.2, -0.15) is 8.75 Å². The average Bonchev–Trinajstić information content (AvgIpc) is 3.42. The summed E-state index contributed by atoms with van der Waals surface area (Å²) in [5.41, 5.74) is 4.44. The highest BCUT2D eigenvalue weighted by atomic mass is 32.1. The number of hydrogen-bond acceptors (Lipinski definition) is 10. The minimum atomic E-state index is -0.494. The standard InChI is InChI=1S/C23H31N7O3S/c1-14-9-17(13-29-7-8-30(15(2)12-29)22(31)33-23(4,5)6)16(3)18(10-14)25-21-27-26-20(32-21)19-11-24-34-28-19/h9-11,15H,7-8,12-13H2,1-6H3,(H,25,27)/t15-/m0/s1. The summed E-state index contributed by atoms with van der Waals surface area (Å²) in [6.45, 7) is 14.9. The van der Waals surface area contributed by atoms with Crippen LogP contribution in [0.15, 0.2) is 22.7 Å². The third-order valence-corrected chi connectivity index (χ3v) is 6.12. The molecule has 182 valence electrons. The smallest absolute Gasteiger partial charge is 0.410 e. The molecule has 0 spiro atoms. The lowest BCUT2D eigenvalue weighted by molar-refractivity contribution is 0.000540. The molecule has 1 saturated heterocycles. The second kappa shape index (κ2) is 9.67. The molecule has 0 radical (unpaired) electrons. The molecule has 0 unspecified atom stereocenters. The number of benzene rings is 1. The van der Waals surface area contributed by atoms with Crippen LogP contribution in [-0.4, -0.2) is 66.1 Å². The lowest BCUT2D eigenvalue weighted by Crippen LogP contribution is -2.54. The van der Waals surface area contributed by atoms with Crippen LogP contribution in [0.5, 0.6) is 0 Å². The molecule has 34 heavy (non-hydrogen) atoms. The summed E-state index contributed by atoms with van der Waals surface area (Å²) in [5.74, 6) is 0.332. The van der Waals surface area contributed by atoms with E-state index in [1.165, 1.54) is 5.56 Å². The van der Waals surface area contributed by atoms with E-state index in [1.54, 1.807) is 6.20 Å². The van der Waals surface area contributed by atoms with Gasteiger partial charge in [-0.15, -0.1) is 5.10 Å². The van der Waals surface area contributed by atoms with E-state index in [0.717, 1.165) is 48.2 Å². The lowest BCUT2D eigenvalue weighted by atomic mass is 10.0. The fourth-order valence-corrected chi connectivity index (χ4v) is 4.40. The first-order valence-electron chi connectivity index (χ1n) is 11.3. The molecule has 0 aliphatic carbocycles. The summed E-state index contributed by atoms with van der Waals surface area (Å²) in [6, 6.07) is 4.65. The number of hydrogen-bond donors (Lipinski definition) is 1. The van der Waals surface area contributed by atoms with Gasteiger partial charge in [-0.25, -0.2) is 4.79 Å². The van der Waals surface area contributed by atoms with Crippen LogP contribution in [-0.2, 0) is 11.3 Å². The molecule has 3 aromatic rings. The van der Waals surface area contributed by atoms with Gasteiger partial charge >= 0.3 is 12.1 Å². The molecule has 3 heterocycles. The number of nitrogens with one attached hydrogen (secondary N) is 1. The van der Waals surface area contributed by atoms with Crippen molar-refractivity contribution in [3.63, 3.8) is 0 Å². The first-order valence-corrected chi connectivity index (χ1v) is 12.0. The van der Waals surface area contributed by atoms with Gasteiger partial charge < -0.3 is 19.4 Å². The molecule has 11 heteroatoms. The largest absolute Gasteiger partial charge is 0.444 e. The van der Waals surface area contributed by atoms with E-state index in [-0.39, 0.29) is 12.1 Å². The van der Waals surface area contributed by atoms with Gasteiger partial charge in [0.15, 0.2) is 5.69 Å². The first kappa shape index (κ1) is 24.1. The molecular formula is C23H31N7O3S. The predicted molar refractivity (Wildman–Crippen MR) is 130 cm³/mol. The molecule has 1 atom stereocenters. The fraction of sp³-hybridized carbons (Fsp3) is 0.522. The Labute approximate surface area is 203 Å². The van der Waals surface area contributed by atoms with Gasteiger partial charge in [-0.3, -0.25) is 4.90 Å². The van der Waals surface area contributed by atoms with Crippen molar-refractivity contribution in [1.82, 2.24) is 28.7 Å². The number of carbonyl (C=O) groups excluding carboxylic acids is 1. The number of ether oxygens (including phenoxy) is 1. The van der Waals surface area contributed by atoms with E-state index in [4.69, 9.17) is 9.15 Å². The van der Waals surface area contributed by atoms with E-state index < -0.39 is 5.60 Å². The number of nitrogens with zero attached hydrogens (tertiary/aromatic N) is 6. The number of rotatable bonds is 5. The molecule has 1 fully saturated rings. The Bertz CT molecular complexity index is 1140. The molecule has 1 amide bonds. The molecular weight excluding hydrogens is 454 g/mol. The second-order valence-electron chi connectivity index (χ2n) is 9.68. The Morgan fingerprint density at radius 3 is 2.74 bits per heavy atom. The van der Waals surface area contributed by atoms with Crippen molar-refractivity contribution in [3.05, 3.63) is 35.0 Å². The zero-order chi connectivity index (χ0) is 24.5. The van der Waals surface area contributed by atoms with Gasteiger partial charge in [0.1, 0.15) is 5.60 Å². The molecule has 4 rings (SSSR count). The quantitative estimate of drug-likeness (QED) is 0.562. The Balaban J connectivity index is 1.43. The maximum absolute atomic E-state index is 12.5. The average molecular weight is 486 g/mol. The van der Waals surface area contributed by atoms with E-state index in [1.807, 2.05) is 25.7 Å². The Kier molecular flexibility index (Phi) is 6.85. The molecule has 2 aromatic heterocycles. The van der Waals surface area contributed by atoms with Crippen LogP contribution >= 0.6 is 11.7 Å². The fourth-order valence-electron chi connectivity index (χ4n) is 3.99. The topological polar surface area (TPSA) is 110 Å². The third-order valence-electron chi connectivity index (χ3n) is 5.64. The van der Waals surface area contributed by atoms with Gasteiger partial charge in [-0.05, 0) is 64.3 Å². The molecule has 0 saturated carbocycles. The van der Waals surface area contributed by atoms with E-state index in [9.17, 15) is 4.79 Å². The minimum absolute atomic E-state index is 0.0725. The van der Waals surface area contributed by atoms with Crippen LogP contribution in [0.1, 0.15) is 44.4 Å². The van der Waals surface area contributed by atoms with Crippen LogP contribution in [0.25, 0.3) is 11.6 Å². The molecule has 10 nitrogen and oxygen atoms in total. The first-order chi connectivity index (χ1) is 16.1. The van der Waals surface area contributed by atoms with E-state index >= 15 is 0 Å². The van der Waals surface area contributed by atoms with Gasteiger partial charge in [0, 0.05) is 37.9 Å². The highest BCUT2D eigenvalue weighted by molar-refractivity contribution is 6.99. The number of aryl methyl sites for hydroxylation is 1. The summed E-state index contributed by atoms with van der Waals surface area (Å²) < 4.78 is 19.4. The zero-order valence-electron chi connectivity index (χ0n) is 20.5. The van der Waals surface area contributed by atoms with Crippen molar-refractivity contribution < 1.29 is 13.9 Å². The maximum atomic E-state index is 12.5. The maximum Gasteiger partial charge on any atom is 0.410 e. The van der Waals surface area contributed by atoms with Gasteiger partial charge in [0.25, 0.3) is 5.89 Å². The highest BCUT2D eigenvalue weighted by Crippen LogP contribution is 2.28. The zero-order valence-corrected chi connectivity index (χ0v) is 21.3. The van der Waals surface area contributed by atoms with Crippen LogP contribution < -0.4 is 5.32 Å². The number of piperazine rings is 1. The van der Waals surface area contributed by atoms with Crippen molar-refractivity contribution in [1.29, 1.82) is 0 Å². The van der Waals surface area contributed by atoms with Crippen LogP contribution in [0, 0.1) is 13.8 Å². The van der Waals surface area contributed by atoms with Crippen molar-refractivity contribution in [2.75, 3.05) is 25.0 Å². The SMILES string of the molecule is Cc1cc(CN2CCN(C(=O)OC(C)(C)C)[C@@H](C)C2)c(C)c(Nc2nnc(-c3cnsn3)o2)c1. The molecule has 0 bridgehead atoms. The Morgan fingerprint density at radius 1 is 1.26 bits per heavy atom. The van der Waals surface area contributed by atoms with Gasteiger partial charge in [0.05, 0.1) is 17.9 Å². The van der Waals surface area contributed by atoms with Crippen LogP contribution in [0.4, 0.5) is 16.5 Å². The normalized spacial score (nSPS) is 17.1. The second-order valence-corrected chi connectivity index (χ2v) is 10.2. The summed E-state index contributed by atoms with van der Waals surface area (Å²) >= 11 is 1.09. The monoisotopic (exact) mass is 485 g/mol. The number of anilines is 2. The van der Waals surface area contributed by atoms with E-state index in [0.29, 0.717) is 24.1 Å². The third kappa shape index (κ3) is 5.71. The minimum Gasteiger partial charge on any atom is -0.444 e. The lowest BCUT2D eigenvalue weighted by Gasteiger charge is -2.40. The molecule has 1 aromatic carbocycles. The molecule has 1 N–H and O–H groups in total. The Morgan fingerprint density at radius 2 is 2.06 bits per heavy atom. The van der Waals surface area contributed by atoms with Crippen molar-refractivity contribution in [3.8, 4) is 11.6 Å². The Hall–Kier alpha value is -3.05. The summed E-state index contributed by atoms with van der Waals surface area (Å²) in [4.78, 5) is 16.7. The van der Waals surface area contributed by atoms with Crippen LogP contribution in [0.3, 0.4) is 0 Å².